The lowest BCUT2D eigenvalue weighted by Crippen LogP contribution is -2.48. The summed E-state index contributed by atoms with van der Waals surface area (Å²) >= 11 is 0. The zero-order valence-electron chi connectivity index (χ0n) is 6.22. The molecular formula is C7H15N2. The Morgan fingerprint density at radius 3 is 2.56 bits per heavy atom. The van der Waals surface area contributed by atoms with Gasteiger partial charge in [0.15, 0.2) is 0 Å². The molecule has 2 nitrogen and oxygen atoms in total. The molecule has 0 amide bonds. The Bertz CT molecular complexity index is 99.1. The van der Waals surface area contributed by atoms with Crippen molar-refractivity contribution in [3.8, 4) is 0 Å². The molecule has 1 aliphatic rings. The smallest absolute Gasteiger partial charge is 0.0199 e. The Labute approximate surface area is 56.8 Å². The van der Waals surface area contributed by atoms with Gasteiger partial charge in [-0.25, -0.2) is 5.32 Å². The zero-order chi connectivity index (χ0) is 6.91. The fourth-order valence-corrected chi connectivity index (χ4v) is 1.11. The largest absolute Gasteiger partial charge is 0.327 e. The Balaban J connectivity index is 2.49. The van der Waals surface area contributed by atoms with Crippen molar-refractivity contribution in [1.29, 1.82) is 0 Å². The van der Waals surface area contributed by atoms with Gasteiger partial charge in [0.1, 0.15) is 0 Å². The van der Waals surface area contributed by atoms with Crippen molar-refractivity contribution >= 4 is 0 Å². The molecule has 0 aliphatic carbocycles. The van der Waals surface area contributed by atoms with E-state index in [2.05, 4.69) is 19.2 Å². The molecule has 9 heavy (non-hydrogen) atoms. The Kier molecular flexibility index (Phi) is 1.78. The third-order valence-corrected chi connectivity index (χ3v) is 2.12. The lowest BCUT2D eigenvalue weighted by Gasteiger charge is -2.35. The predicted molar refractivity (Wildman–Crippen MR) is 38.2 cm³/mol. The van der Waals surface area contributed by atoms with Crippen LogP contribution in [0.1, 0.15) is 20.3 Å². The molecule has 1 radical (unpaired) electrons. The molecule has 53 valence electrons. The second kappa shape index (κ2) is 2.27. The van der Waals surface area contributed by atoms with Gasteiger partial charge in [-0.15, -0.1) is 0 Å². The van der Waals surface area contributed by atoms with E-state index in [4.69, 9.17) is 5.73 Å². The second-order valence-electron chi connectivity index (χ2n) is 3.49. The van der Waals surface area contributed by atoms with Crippen molar-refractivity contribution in [1.82, 2.24) is 5.32 Å². The average Bonchev–Trinajstić information content (AvgIpc) is 1.77. The first-order valence-electron chi connectivity index (χ1n) is 3.52. The summed E-state index contributed by atoms with van der Waals surface area (Å²) in [4.78, 5) is 0. The number of nitrogens with zero attached hydrogens (tertiary/aromatic N) is 1. The fourth-order valence-electron chi connectivity index (χ4n) is 1.11. The third kappa shape index (κ3) is 1.43. The Morgan fingerprint density at radius 2 is 2.22 bits per heavy atom. The lowest BCUT2D eigenvalue weighted by molar-refractivity contribution is 0.218. The van der Waals surface area contributed by atoms with Gasteiger partial charge >= 0.3 is 0 Å². The zero-order valence-corrected chi connectivity index (χ0v) is 6.22. The molecule has 0 aromatic rings. The summed E-state index contributed by atoms with van der Waals surface area (Å²) < 4.78 is 0. The van der Waals surface area contributed by atoms with Crippen molar-refractivity contribution in [2.75, 3.05) is 13.1 Å². The van der Waals surface area contributed by atoms with E-state index >= 15 is 0 Å². The van der Waals surface area contributed by atoms with Gasteiger partial charge < -0.3 is 5.73 Å². The summed E-state index contributed by atoms with van der Waals surface area (Å²) in [5, 5.41) is 4.30. The van der Waals surface area contributed by atoms with Crippen molar-refractivity contribution in [3.63, 3.8) is 0 Å². The summed E-state index contributed by atoms with van der Waals surface area (Å²) in [7, 11) is 0. The minimum absolute atomic E-state index is 0.248. The van der Waals surface area contributed by atoms with Crippen LogP contribution in [-0.2, 0) is 0 Å². The maximum atomic E-state index is 5.85. The fraction of sp³-hybridized carbons (Fsp3) is 1.00. The maximum absolute atomic E-state index is 5.85. The first-order valence-corrected chi connectivity index (χ1v) is 3.52. The molecule has 0 aromatic heterocycles. The van der Waals surface area contributed by atoms with E-state index in [0.717, 1.165) is 19.5 Å². The van der Waals surface area contributed by atoms with Gasteiger partial charge in [0, 0.05) is 19.1 Å². The highest BCUT2D eigenvalue weighted by molar-refractivity contribution is 4.87. The molecule has 2 N–H and O–H groups in total. The molecule has 1 rings (SSSR count). The van der Waals surface area contributed by atoms with Gasteiger partial charge in [0.2, 0.25) is 0 Å². The molecule has 1 fully saturated rings. The van der Waals surface area contributed by atoms with E-state index in [1.54, 1.807) is 0 Å². The van der Waals surface area contributed by atoms with E-state index < -0.39 is 0 Å². The van der Waals surface area contributed by atoms with Crippen molar-refractivity contribution in [2.45, 2.75) is 26.3 Å². The van der Waals surface area contributed by atoms with Crippen LogP contribution < -0.4 is 11.1 Å². The SMILES string of the molecule is CC1(C)C[N]CCC1N. The normalized spacial score (nSPS) is 34.3. The molecule has 1 heterocycles. The summed E-state index contributed by atoms with van der Waals surface area (Å²) in [6.45, 7) is 6.26. The topological polar surface area (TPSA) is 40.1 Å². The van der Waals surface area contributed by atoms with Gasteiger partial charge in [0.25, 0.3) is 0 Å². The van der Waals surface area contributed by atoms with Crippen LogP contribution in [0.5, 0.6) is 0 Å². The first kappa shape index (κ1) is 7.03. The number of piperidine rings is 1. The second-order valence-corrected chi connectivity index (χ2v) is 3.49. The number of hydrogen-bond donors (Lipinski definition) is 1. The summed E-state index contributed by atoms with van der Waals surface area (Å²) in [5.41, 5.74) is 6.10. The van der Waals surface area contributed by atoms with Crippen LogP contribution in [0.3, 0.4) is 0 Å². The lowest BCUT2D eigenvalue weighted by atomic mass is 9.81. The average molecular weight is 127 g/mol. The summed E-state index contributed by atoms with van der Waals surface area (Å²) in [6, 6.07) is 0.356. The molecule has 0 bridgehead atoms. The highest BCUT2D eigenvalue weighted by Gasteiger charge is 2.29. The first-order chi connectivity index (χ1) is 4.13. The minimum Gasteiger partial charge on any atom is -0.327 e. The van der Waals surface area contributed by atoms with Crippen LogP contribution in [0.15, 0.2) is 0 Å². The van der Waals surface area contributed by atoms with E-state index in [1.807, 2.05) is 0 Å². The minimum atomic E-state index is 0.248. The molecule has 1 atom stereocenters. The Hall–Kier alpha value is -0.0800. The van der Waals surface area contributed by atoms with E-state index in [9.17, 15) is 0 Å². The third-order valence-electron chi connectivity index (χ3n) is 2.12. The van der Waals surface area contributed by atoms with Gasteiger partial charge in [0.05, 0.1) is 0 Å². The molecule has 0 spiro atoms. The number of rotatable bonds is 0. The summed E-state index contributed by atoms with van der Waals surface area (Å²) in [5.74, 6) is 0. The quantitative estimate of drug-likeness (QED) is 0.501. The van der Waals surface area contributed by atoms with Gasteiger partial charge in [-0.3, -0.25) is 0 Å². The van der Waals surface area contributed by atoms with Crippen LogP contribution in [0.4, 0.5) is 0 Å². The molecule has 1 saturated heterocycles. The molecule has 2 heteroatoms. The monoisotopic (exact) mass is 127 g/mol. The highest BCUT2D eigenvalue weighted by atomic mass is 14.9. The number of hydrogen-bond acceptors (Lipinski definition) is 1. The maximum Gasteiger partial charge on any atom is 0.0199 e. The Morgan fingerprint density at radius 1 is 1.56 bits per heavy atom. The van der Waals surface area contributed by atoms with E-state index in [0.29, 0.717) is 6.04 Å². The van der Waals surface area contributed by atoms with Crippen molar-refractivity contribution in [3.05, 3.63) is 0 Å². The van der Waals surface area contributed by atoms with Crippen molar-refractivity contribution in [2.24, 2.45) is 11.1 Å². The number of nitrogens with two attached hydrogens (primary N) is 1. The van der Waals surface area contributed by atoms with Crippen LogP contribution in [0, 0.1) is 5.41 Å². The summed E-state index contributed by atoms with van der Waals surface area (Å²) in [6.07, 6.45) is 1.06. The van der Waals surface area contributed by atoms with Crippen LogP contribution in [0.2, 0.25) is 0 Å². The molecule has 1 aliphatic heterocycles. The van der Waals surface area contributed by atoms with Crippen molar-refractivity contribution < 1.29 is 0 Å². The molecule has 1 unspecified atom stereocenters. The molecular weight excluding hydrogens is 112 g/mol. The van der Waals surface area contributed by atoms with Gasteiger partial charge in [-0.1, -0.05) is 13.8 Å². The molecule has 0 saturated carbocycles. The van der Waals surface area contributed by atoms with Crippen LogP contribution >= 0.6 is 0 Å². The van der Waals surface area contributed by atoms with E-state index in [1.165, 1.54) is 0 Å². The van der Waals surface area contributed by atoms with Gasteiger partial charge in [-0.2, -0.15) is 0 Å². The highest BCUT2D eigenvalue weighted by Crippen LogP contribution is 2.23. The van der Waals surface area contributed by atoms with E-state index in [-0.39, 0.29) is 5.41 Å². The molecule has 0 aromatic carbocycles. The predicted octanol–water partition coefficient (Wildman–Crippen LogP) is 0.348. The van der Waals surface area contributed by atoms with Crippen LogP contribution in [0.25, 0.3) is 0 Å². The van der Waals surface area contributed by atoms with Crippen LogP contribution in [-0.4, -0.2) is 19.1 Å². The van der Waals surface area contributed by atoms with Gasteiger partial charge in [-0.05, 0) is 11.8 Å². The standard InChI is InChI=1S/C7H15N2/c1-7(2)5-9-4-3-6(7)8/h6H,3-5,8H2,1-2H3.